The Bertz CT molecular complexity index is 1140. The maximum Gasteiger partial charge on any atom is 0.271 e. The summed E-state index contributed by atoms with van der Waals surface area (Å²) in [6.45, 7) is 0. The lowest BCUT2D eigenvalue weighted by molar-refractivity contribution is 0.0832. The fourth-order valence-electron chi connectivity index (χ4n) is 2.62. The number of hydrazone groups is 1. The van der Waals surface area contributed by atoms with Gasteiger partial charge in [0.05, 0.1) is 13.3 Å². The van der Waals surface area contributed by atoms with Gasteiger partial charge in [-0.1, -0.05) is 34.8 Å². The molecule has 1 aromatic heterocycles. The smallest absolute Gasteiger partial charge is 0.271 e. The maximum atomic E-state index is 12.6. The summed E-state index contributed by atoms with van der Waals surface area (Å²) in [4.78, 5) is 28.4. The predicted octanol–water partition coefficient (Wildman–Crippen LogP) is 4.36. The minimum absolute atomic E-state index is 0.337. The highest BCUT2D eigenvalue weighted by atomic mass is 35.6. The molecule has 0 aliphatic carbocycles. The van der Waals surface area contributed by atoms with Gasteiger partial charge in [-0.25, -0.2) is 5.43 Å². The number of aromatic nitrogens is 1. The van der Waals surface area contributed by atoms with E-state index < -0.39 is 15.9 Å². The zero-order valence-corrected chi connectivity index (χ0v) is 20.0. The zero-order valence-electron chi connectivity index (χ0n) is 17.7. The third-order valence-electron chi connectivity index (χ3n) is 4.37. The van der Waals surface area contributed by atoms with E-state index in [0.717, 1.165) is 0 Å². The zero-order chi connectivity index (χ0) is 24.6. The molecular formula is C23H19Cl3N4O4. The Balaban J connectivity index is 1.61. The highest BCUT2D eigenvalue weighted by molar-refractivity contribution is 6.68. The molecule has 0 radical (unpaired) electrons. The number of nitrogens with zero attached hydrogens (tertiary/aromatic N) is 2. The van der Waals surface area contributed by atoms with Crippen molar-refractivity contribution in [3.05, 3.63) is 89.7 Å². The SMILES string of the molecule is COc1ccc(C(=O)N[C@@H](Oc2ccc(/C=N\NC(=O)c3ccncc3)cc2)C(Cl)(Cl)Cl)cc1. The number of amides is 2. The molecule has 0 bridgehead atoms. The molecule has 0 unspecified atom stereocenters. The number of hydrogen-bond donors (Lipinski definition) is 2. The highest BCUT2D eigenvalue weighted by Gasteiger charge is 2.36. The van der Waals surface area contributed by atoms with Gasteiger partial charge in [-0.2, -0.15) is 5.10 Å². The number of carbonyl (C=O) groups excluding carboxylic acids is 2. The largest absolute Gasteiger partial charge is 0.497 e. The number of alkyl halides is 3. The lowest BCUT2D eigenvalue weighted by Gasteiger charge is -2.26. The Morgan fingerprint density at radius 3 is 2.09 bits per heavy atom. The van der Waals surface area contributed by atoms with E-state index >= 15 is 0 Å². The Morgan fingerprint density at radius 2 is 1.50 bits per heavy atom. The molecule has 1 heterocycles. The van der Waals surface area contributed by atoms with E-state index in [1.165, 1.54) is 25.7 Å². The van der Waals surface area contributed by atoms with Crippen LogP contribution in [0.3, 0.4) is 0 Å². The summed E-state index contributed by atoms with van der Waals surface area (Å²) in [6, 6.07) is 16.1. The van der Waals surface area contributed by atoms with E-state index in [1.807, 2.05) is 0 Å². The van der Waals surface area contributed by atoms with Gasteiger partial charge in [-0.3, -0.25) is 14.6 Å². The van der Waals surface area contributed by atoms with Crippen LogP contribution in [0.25, 0.3) is 0 Å². The van der Waals surface area contributed by atoms with Crippen molar-refractivity contribution in [3.63, 3.8) is 0 Å². The van der Waals surface area contributed by atoms with Crippen LogP contribution in [0.2, 0.25) is 0 Å². The molecule has 3 aromatic rings. The minimum Gasteiger partial charge on any atom is -0.497 e. The Kier molecular flexibility index (Phi) is 8.70. The van der Waals surface area contributed by atoms with Crippen molar-refractivity contribution in [3.8, 4) is 11.5 Å². The molecule has 2 aromatic carbocycles. The topological polar surface area (TPSA) is 102 Å². The van der Waals surface area contributed by atoms with Crippen LogP contribution in [-0.2, 0) is 0 Å². The Morgan fingerprint density at radius 1 is 0.912 bits per heavy atom. The van der Waals surface area contributed by atoms with E-state index in [2.05, 4.69) is 20.8 Å². The summed E-state index contributed by atoms with van der Waals surface area (Å²) < 4.78 is 8.83. The van der Waals surface area contributed by atoms with Gasteiger partial charge in [-0.05, 0) is 66.2 Å². The molecule has 0 aliphatic heterocycles. The number of halogens is 3. The van der Waals surface area contributed by atoms with Crippen molar-refractivity contribution in [2.75, 3.05) is 7.11 Å². The molecule has 3 rings (SSSR count). The van der Waals surface area contributed by atoms with E-state index in [0.29, 0.717) is 28.2 Å². The van der Waals surface area contributed by atoms with E-state index in [9.17, 15) is 9.59 Å². The van der Waals surface area contributed by atoms with Crippen LogP contribution in [0.1, 0.15) is 26.3 Å². The Labute approximate surface area is 210 Å². The molecule has 8 nitrogen and oxygen atoms in total. The Hall–Kier alpha value is -3.33. The lowest BCUT2D eigenvalue weighted by Crippen LogP contribution is -2.47. The van der Waals surface area contributed by atoms with Gasteiger partial charge in [0.25, 0.3) is 11.8 Å². The first-order valence-electron chi connectivity index (χ1n) is 9.78. The molecule has 11 heteroatoms. The lowest BCUT2D eigenvalue weighted by atomic mass is 10.2. The molecule has 2 amide bonds. The summed E-state index contributed by atoms with van der Waals surface area (Å²) >= 11 is 18.0. The number of benzene rings is 2. The number of rotatable bonds is 8. The molecule has 1 atom stereocenters. The first-order chi connectivity index (χ1) is 16.3. The van der Waals surface area contributed by atoms with Crippen LogP contribution in [0, 0.1) is 0 Å². The third-order valence-corrected chi connectivity index (χ3v) is 4.96. The molecule has 0 saturated heterocycles. The van der Waals surface area contributed by atoms with Crippen molar-refractivity contribution in [1.82, 2.24) is 15.7 Å². The van der Waals surface area contributed by atoms with Crippen LogP contribution in [0.5, 0.6) is 11.5 Å². The van der Waals surface area contributed by atoms with Crippen LogP contribution < -0.4 is 20.2 Å². The van der Waals surface area contributed by atoms with Gasteiger partial charge in [0.15, 0.2) is 0 Å². The molecular weight excluding hydrogens is 503 g/mol. The second-order valence-electron chi connectivity index (χ2n) is 6.75. The normalized spacial score (nSPS) is 12.1. The van der Waals surface area contributed by atoms with Crippen molar-refractivity contribution in [2.24, 2.45) is 5.10 Å². The van der Waals surface area contributed by atoms with Crippen LogP contribution in [-0.4, -0.2) is 40.1 Å². The molecule has 0 saturated carbocycles. The fourth-order valence-corrected chi connectivity index (χ4v) is 2.92. The number of nitrogens with one attached hydrogen (secondary N) is 2. The van der Waals surface area contributed by atoms with E-state index in [-0.39, 0.29) is 5.91 Å². The van der Waals surface area contributed by atoms with Gasteiger partial charge in [-0.15, -0.1) is 0 Å². The average Bonchev–Trinajstić information content (AvgIpc) is 2.84. The summed E-state index contributed by atoms with van der Waals surface area (Å²) in [5.74, 6) is 0.0833. The maximum absolute atomic E-state index is 12.6. The molecule has 0 spiro atoms. The number of ether oxygens (including phenoxy) is 2. The summed E-state index contributed by atoms with van der Waals surface area (Å²) in [5.41, 5.74) is 3.87. The minimum atomic E-state index is -1.94. The van der Waals surface area contributed by atoms with Gasteiger partial charge in [0.2, 0.25) is 10.0 Å². The molecule has 2 N–H and O–H groups in total. The highest BCUT2D eigenvalue weighted by Crippen LogP contribution is 2.32. The third kappa shape index (κ3) is 7.34. The summed E-state index contributed by atoms with van der Waals surface area (Å²) in [7, 11) is 1.53. The van der Waals surface area contributed by atoms with Crippen LogP contribution in [0.15, 0.2) is 78.2 Å². The molecule has 34 heavy (non-hydrogen) atoms. The predicted molar refractivity (Wildman–Crippen MR) is 131 cm³/mol. The van der Waals surface area contributed by atoms with Gasteiger partial charge in [0.1, 0.15) is 11.5 Å². The monoisotopic (exact) mass is 520 g/mol. The van der Waals surface area contributed by atoms with Crippen molar-refractivity contribution >= 4 is 52.8 Å². The molecule has 176 valence electrons. The van der Waals surface area contributed by atoms with Crippen molar-refractivity contribution < 1.29 is 19.1 Å². The van der Waals surface area contributed by atoms with Crippen molar-refractivity contribution in [2.45, 2.75) is 10.0 Å². The second-order valence-corrected chi connectivity index (χ2v) is 9.11. The van der Waals surface area contributed by atoms with Crippen LogP contribution in [0.4, 0.5) is 0 Å². The first-order valence-corrected chi connectivity index (χ1v) is 10.9. The van der Waals surface area contributed by atoms with Gasteiger partial charge >= 0.3 is 0 Å². The van der Waals surface area contributed by atoms with Gasteiger partial charge in [0, 0.05) is 23.5 Å². The molecule has 0 fully saturated rings. The van der Waals surface area contributed by atoms with Crippen LogP contribution >= 0.6 is 34.8 Å². The number of hydrogen-bond acceptors (Lipinski definition) is 6. The number of carbonyl (C=O) groups is 2. The van der Waals surface area contributed by atoms with Crippen molar-refractivity contribution in [1.29, 1.82) is 0 Å². The van der Waals surface area contributed by atoms with Gasteiger partial charge < -0.3 is 14.8 Å². The fraction of sp³-hybridized carbons (Fsp3) is 0.130. The quantitative estimate of drug-likeness (QED) is 0.198. The van der Waals surface area contributed by atoms with E-state index in [1.54, 1.807) is 60.7 Å². The average molecular weight is 522 g/mol. The molecule has 0 aliphatic rings. The first kappa shape index (κ1) is 25.3. The van der Waals surface area contributed by atoms with E-state index in [4.69, 9.17) is 44.3 Å². The number of methoxy groups -OCH3 is 1. The number of pyridine rings is 1. The second kappa shape index (κ2) is 11.7. The summed E-state index contributed by atoms with van der Waals surface area (Å²) in [5, 5.41) is 6.48. The summed E-state index contributed by atoms with van der Waals surface area (Å²) in [6.07, 6.45) is 3.22. The standard InChI is InChI=1S/C23H19Cl3N4O4/c1-33-18-8-4-16(5-9-18)20(31)29-22(23(24,25)26)34-19-6-2-15(3-7-19)14-28-30-21(32)17-10-12-27-13-11-17/h2-14,22H,1H3,(H,29,31)(H,30,32)/b28-14-/t22-/m0/s1.